The van der Waals surface area contributed by atoms with Gasteiger partial charge in [-0.15, -0.1) is 0 Å². The van der Waals surface area contributed by atoms with Crippen LogP contribution in [0.4, 0.5) is 11.4 Å². The third kappa shape index (κ3) is 4.77. The Hall–Kier alpha value is -4.56. The highest BCUT2D eigenvalue weighted by Crippen LogP contribution is 2.36. The van der Waals surface area contributed by atoms with Gasteiger partial charge in [-0.25, -0.2) is 4.85 Å². The van der Waals surface area contributed by atoms with E-state index in [4.69, 9.17) is 21.3 Å². The van der Waals surface area contributed by atoms with Gasteiger partial charge in [-0.1, -0.05) is 19.2 Å². The summed E-state index contributed by atoms with van der Waals surface area (Å²) in [6.45, 7) is 13.9. The van der Waals surface area contributed by atoms with Gasteiger partial charge in [0.05, 0.1) is 26.5 Å². The predicted octanol–water partition coefficient (Wildman–Crippen LogP) is 3.81. The quantitative estimate of drug-likeness (QED) is 0.379. The Bertz CT molecular complexity index is 1190. The fourth-order valence-corrected chi connectivity index (χ4v) is 2.91. The SMILES string of the molecule is [C-]#[N+]C(=C)C(=O)N(C)c1ccc(-c2cc(OC)cc(N(C)C(=O)C(=C)C#N)c2)cc1OC. The summed E-state index contributed by atoms with van der Waals surface area (Å²) in [5.74, 6) is -0.154. The summed E-state index contributed by atoms with van der Waals surface area (Å²) >= 11 is 0. The van der Waals surface area contributed by atoms with E-state index in [9.17, 15) is 9.59 Å². The Morgan fingerprint density at radius 2 is 1.69 bits per heavy atom. The van der Waals surface area contributed by atoms with Crippen LogP contribution in [0.5, 0.6) is 11.5 Å². The van der Waals surface area contributed by atoms with Crippen molar-refractivity contribution in [1.29, 1.82) is 5.26 Å². The molecule has 0 saturated heterocycles. The molecule has 0 spiro atoms. The van der Waals surface area contributed by atoms with Crippen molar-refractivity contribution >= 4 is 23.2 Å². The van der Waals surface area contributed by atoms with Crippen LogP contribution in [0.3, 0.4) is 0 Å². The minimum absolute atomic E-state index is 0.184. The fraction of sp³-hybridized carbons (Fsp3) is 0.167. The van der Waals surface area contributed by atoms with Crippen molar-refractivity contribution in [3.63, 3.8) is 0 Å². The molecule has 0 aromatic heterocycles. The Balaban J connectivity index is 2.54. The molecule has 32 heavy (non-hydrogen) atoms. The number of carbonyl (C=O) groups excluding carboxylic acids is 2. The second-order valence-corrected chi connectivity index (χ2v) is 6.68. The molecule has 0 N–H and O–H groups in total. The lowest BCUT2D eigenvalue weighted by Gasteiger charge is -2.21. The molecule has 8 nitrogen and oxygen atoms in total. The number of carbonyl (C=O) groups is 2. The van der Waals surface area contributed by atoms with Crippen LogP contribution in [0.15, 0.2) is 60.8 Å². The van der Waals surface area contributed by atoms with Crippen LogP contribution in [0, 0.1) is 17.9 Å². The van der Waals surface area contributed by atoms with Crippen molar-refractivity contribution < 1.29 is 19.1 Å². The molecule has 0 heterocycles. The molecule has 0 unspecified atom stereocenters. The molecule has 8 heteroatoms. The maximum absolute atomic E-state index is 12.4. The largest absolute Gasteiger partial charge is 0.497 e. The molecule has 0 bridgehead atoms. The average Bonchev–Trinajstić information content (AvgIpc) is 2.84. The minimum atomic E-state index is -0.535. The van der Waals surface area contributed by atoms with Gasteiger partial charge in [-0.2, -0.15) is 5.26 Å². The lowest BCUT2D eigenvalue weighted by atomic mass is 10.0. The number of amides is 2. The van der Waals surface area contributed by atoms with Gasteiger partial charge in [0, 0.05) is 25.8 Å². The molecule has 2 aromatic rings. The van der Waals surface area contributed by atoms with Crippen LogP contribution in [0.2, 0.25) is 0 Å². The van der Waals surface area contributed by atoms with E-state index in [-0.39, 0.29) is 11.3 Å². The van der Waals surface area contributed by atoms with Crippen molar-refractivity contribution in [3.8, 4) is 28.7 Å². The molecule has 0 fully saturated rings. The minimum Gasteiger partial charge on any atom is -0.497 e. The highest BCUT2D eigenvalue weighted by atomic mass is 16.5. The monoisotopic (exact) mass is 430 g/mol. The molecular weight excluding hydrogens is 408 g/mol. The van der Waals surface area contributed by atoms with Gasteiger partial charge < -0.3 is 19.3 Å². The second-order valence-electron chi connectivity index (χ2n) is 6.68. The summed E-state index contributed by atoms with van der Waals surface area (Å²) in [6, 6.07) is 12.2. The third-order valence-electron chi connectivity index (χ3n) is 4.77. The predicted molar refractivity (Wildman–Crippen MR) is 122 cm³/mol. The molecule has 2 aromatic carbocycles. The molecule has 0 aliphatic rings. The number of hydrogen-bond donors (Lipinski definition) is 0. The van der Waals surface area contributed by atoms with Crippen LogP contribution < -0.4 is 19.3 Å². The lowest BCUT2D eigenvalue weighted by Crippen LogP contribution is -2.27. The first-order valence-corrected chi connectivity index (χ1v) is 9.27. The van der Waals surface area contributed by atoms with E-state index >= 15 is 0 Å². The van der Waals surface area contributed by atoms with Crippen molar-refractivity contribution in [2.24, 2.45) is 0 Å². The Morgan fingerprint density at radius 1 is 1.00 bits per heavy atom. The van der Waals surface area contributed by atoms with E-state index in [0.717, 1.165) is 5.56 Å². The number of benzene rings is 2. The van der Waals surface area contributed by atoms with Gasteiger partial charge in [0.15, 0.2) is 0 Å². The molecule has 2 amide bonds. The Labute approximate surface area is 187 Å². The smallest absolute Gasteiger partial charge is 0.268 e. The first-order chi connectivity index (χ1) is 15.2. The summed E-state index contributed by atoms with van der Waals surface area (Å²) in [5.41, 5.74) is 2.03. The first kappa shape index (κ1) is 23.7. The molecule has 0 aliphatic carbocycles. The summed E-state index contributed by atoms with van der Waals surface area (Å²) in [4.78, 5) is 30.4. The third-order valence-corrected chi connectivity index (χ3v) is 4.77. The number of likely N-dealkylation sites (N-methyl/N-ethyl adjacent to an activating group) is 2. The number of nitriles is 1. The molecule has 162 valence electrons. The number of nitrogens with zero attached hydrogens (tertiary/aromatic N) is 4. The normalized spacial score (nSPS) is 9.69. The standard InChI is InChI=1S/C24H22N4O4/c1-15(14-25)23(29)27(4)19-10-18(11-20(13-19)31-6)17-8-9-21(22(12-17)32-7)28(5)24(30)16(2)26-3/h8-13H,1-2H2,4-7H3. The van der Waals surface area contributed by atoms with Gasteiger partial charge in [-0.3, -0.25) is 9.59 Å². The average molecular weight is 430 g/mol. The Kier molecular flexibility index (Phi) is 7.39. The van der Waals surface area contributed by atoms with Crippen LogP contribution >= 0.6 is 0 Å². The molecule has 2 rings (SSSR count). The summed E-state index contributed by atoms with van der Waals surface area (Å²) in [6.07, 6.45) is 0. The number of methoxy groups -OCH3 is 2. The molecular formula is C24H22N4O4. The van der Waals surface area contributed by atoms with Gasteiger partial charge in [0.2, 0.25) is 5.70 Å². The van der Waals surface area contributed by atoms with Crippen LogP contribution in [0.25, 0.3) is 16.0 Å². The van der Waals surface area contributed by atoms with Crippen LogP contribution in [-0.4, -0.2) is 40.1 Å². The Morgan fingerprint density at radius 3 is 2.25 bits per heavy atom. The first-order valence-electron chi connectivity index (χ1n) is 9.27. The lowest BCUT2D eigenvalue weighted by molar-refractivity contribution is -0.115. The van der Waals surface area contributed by atoms with Crippen LogP contribution in [-0.2, 0) is 9.59 Å². The fourth-order valence-electron chi connectivity index (χ4n) is 2.91. The zero-order valence-electron chi connectivity index (χ0n) is 18.3. The molecule has 0 saturated carbocycles. The van der Waals surface area contributed by atoms with E-state index in [1.165, 1.54) is 38.1 Å². The topological polar surface area (TPSA) is 87.2 Å². The van der Waals surface area contributed by atoms with Gasteiger partial charge in [0.1, 0.15) is 23.1 Å². The summed E-state index contributed by atoms with van der Waals surface area (Å²) in [7, 11) is 6.05. The summed E-state index contributed by atoms with van der Waals surface area (Å²) < 4.78 is 10.8. The van der Waals surface area contributed by atoms with Crippen LogP contribution in [0.1, 0.15) is 0 Å². The molecule has 0 atom stereocenters. The van der Waals surface area contributed by atoms with E-state index in [0.29, 0.717) is 28.4 Å². The molecule has 0 aliphatic heterocycles. The number of ether oxygens (including phenoxy) is 2. The highest BCUT2D eigenvalue weighted by molar-refractivity contribution is 6.08. The van der Waals surface area contributed by atoms with Gasteiger partial charge in [-0.05, 0) is 35.4 Å². The number of rotatable bonds is 7. The summed E-state index contributed by atoms with van der Waals surface area (Å²) in [5, 5.41) is 8.97. The van der Waals surface area contributed by atoms with E-state index in [1.807, 2.05) is 0 Å². The maximum atomic E-state index is 12.4. The van der Waals surface area contributed by atoms with E-state index < -0.39 is 11.8 Å². The maximum Gasteiger partial charge on any atom is 0.268 e. The number of hydrogen-bond acceptors (Lipinski definition) is 5. The van der Waals surface area contributed by atoms with Gasteiger partial charge >= 0.3 is 0 Å². The number of anilines is 2. The highest BCUT2D eigenvalue weighted by Gasteiger charge is 2.20. The van der Waals surface area contributed by atoms with Gasteiger partial charge in [0.25, 0.3) is 11.8 Å². The van der Waals surface area contributed by atoms with E-state index in [1.54, 1.807) is 42.5 Å². The molecule has 0 radical (unpaired) electrons. The van der Waals surface area contributed by atoms with Crippen molar-refractivity contribution in [1.82, 2.24) is 0 Å². The second kappa shape index (κ2) is 9.96. The zero-order chi connectivity index (χ0) is 24.0. The zero-order valence-corrected chi connectivity index (χ0v) is 18.3. The van der Waals surface area contributed by atoms with Crippen molar-refractivity contribution in [3.05, 3.63) is 72.2 Å². The van der Waals surface area contributed by atoms with E-state index in [2.05, 4.69) is 18.0 Å². The van der Waals surface area contributed by atoms with Crippen molar-refractivity contribution in [2.75, 3.05) is 38.1 Å². The van der Waals surface area contributed by atoms with Crippen molar-refractivity contribution in [2.45, 2.75) is 0 Å².